The molecule has 2 aromatic rings. The molecule has 18 heavy (non-hydrogen) atoms. The number of hydrogen-bond acceptors (Lipinski definition) is 4. The molecule has 0 aliphatic heterocycles. The van der Waals surface area contributed by atoms with Crippen LogP contribution < -0.4 is 5.32 Å². The lowest BCUT2D eigenvalue weighted by Crippen LogP contribution is -2.35. The number of aromatic nitrogens is 3. The first kappa shape index (κ1) is 12.8. The minimum atomic E-state index is 0.112. The number of hydrogen-bond donors (Lipinski definition) is 1. The lowest BCUT2D eigenvalue weighted by Gasteiger charge is -2.21. The molecule has 1 N–H and O–H groups in total. The van der Waals surface area contributed by atoms with Crippen molar-refractivity contribution in [3.8, 4) is 0 Å². The molecule has 0 saturated carbocycles. The third-order valence-electron chi connectivity index (χ3n) is 2.79. The summed E-state index contributed by atoms with van der Waals surface area (Å²) in [5.74, 6) is 0. The van der Waals surface area contributed by atoms with Gasteiger partial charge in [-0.3, -0.25) is 0 Å². The van der Waals surface area contributed by atoms with Gasteiger partial charge < -0.3 is 9.88 Å². The van der Waals surface area contributed by atoms with E-state index in [1.54, 1.807) is 0 Å². The molecule has 98 valence electrons. The SMILES string of the molecule is Cc1nonc1Cn1cccc1CNC(C)(C)C. The first-order chi connectivity index (χ1) is 8.46. The third kappa shape index (κ3) is 3.20. The van der Waals surface area contributed by atoms with Crippen LogP contribution in [0.4, 0.5) is 0 Å². The minimum Gasteiger partial charge on any atom is -0.344 e. The fourth-order valence-corrected chi connectivity index (χ4v) is 1.67. The van der Waals surface area contributed by atoms with E-state index >= 15 is 0 Å². The molecule has 2 rings (SSSR count). The average Bonchev–Trinajstić information content (AvgIpc) is 2.86. The second-order valence-corrected chi connectivity index (χ2v) is 5.53. The van der Waals surface area contributed by atoms with Gasteiger partial charge >= 0.3 is 0 Å². The van der Waals surface area contributed by atoms with Crippen molar-refractivity contribution < 1.29 is 4.63 Å². The van der Waals surface area contributed by atoms with Crippen LogP contribution in [-0.4, -0.2) is 20.4 Å². The van der Waals surface area contributed by atoms with E-state index in [4.69, 9.17) is 4.63 Å². The number of aryl methyl sites for hydroxylation is 1. The van der Waals surface area contributed by atoms with Crippen LogP contribution in [0.15, 0.2) is 23.0 Å². The van der Waals surface area contributed by atoms with Crippen LogP contribution in [-0.2, 0) is 13.1 Å². The average molecular weight is 248 g/mol. The summed E-state index contributed by atoms with van der Waals surface area (Å²) in [5, 5.41) is 11.2. The van der Waals surface area contributed by atoms with E-state index in [1.807, 2.05) is 19.2 Å². The first-order valence-corrected chi connectivity index (χ1v) is 6.13. The Bertz CT molecular complexity index is 507. The maximum atomic E-state index is 4.72. The summed E-state index contributed by atoms with van der Waals surface area (Å²) in [7, 11) is 0. The Balaban J connectivity index is 2.06. The molecule has 0 radical (unpaired) electrons. The summed E-state index contributed by atoms with van der Waals surface area (Å²) in [4.78, 5) is 0. The van der Waals surface area contributed by atoms with Gasteiger partial charge in [-0.1, -0.05) is 10.3 Å². The number of nitrogens with zero attached hydrogens (tertiary/aromatic N) is 3. The van der Waals surface area contributed by atoms with Crippen molar-refractivity contribution in [3.63, 3.8) is 0 Å². The van der Waals surface area contributed by atoms with Crippen LogP contribution in [0, 0.1) is 6.92 Å². The van der Waals surface area contributed by atoms with Crippen LogP contribution in [0.2, 0.25) is 0 Å². The Kier molecular flexibility index (Phi) is 3.52. The van der Waals surface area contributed by atoms with E-state index in [-0.39, 0.29) is 5.54 Å². The van der Waals surface area contributed by atoms with Crippen molar-refractivity contribution in [2.45, 2.75) is 46.3 Å². The number of nitrogens with one attached hydrogen (secondary N) is 1. The molecule has 0 aliphatic carbocycles. The highest BCUT2D eigenvalue weighted by Gasteiger charge is 2.12. The van der Waals surface area contributed by atoms with Gasteiger partial charge in [0.2, 0.25) is 0 Å². The summed E-state index contributed by atoms with van der Waals surface area (Å²) in [6.07, 6.45) is 2.05. The molecule has 2 heterocycles. The summed E-state index contributed by atoms with van der Waals surface area (Å²) in [6, 6.07) is 4.16. The quantitative estimate of drug-likeness (QED) is 0.900. The minimum absolute atomic E-state index is 0.112. The van der Waals surface area contributed by atoms with Crippen molar-refractivity contribution >= 4 is 0 Å². The third-order valence-corrected chi connectivity index (χ3v) is 2.79. The Morgan fingerprint density at radius 2 is 2.11 bits per heavy atom. The molecule has 0 aromatic carbocycles. The largest absolute Gasteiger partial charge is 0.344 e. The normalized spacial score (nSPS) is 12.0. The van der Waals surface area contributed by atoms with E-state index in [9.17, 15) is 0 Å². The summed E-state index contributed by atoms with van der Waals surface area (Å²) < 4.78 is 6.88. The topological polar surface area (TPSA) is 55.9 Å². The highest BCUT2D eigenvalue weighted by molar-refractivity contribution is 5.12. The van der Waals surface area contributed by atoms with Gasteiger partial charge in [-0.25, -0.2) is 4.63 Å². The molecule has 5 heteroatoms. The van der Waals surface area contributed by atoms with Gasteiger partial charge in [0.1, 0.15) is 11.4 Å². The van der Waals surface area contributed by atoms with Crippen molar-refractivity contribution in [1.29, 1.82) is 0 Å². The van der Waals surface area contributed by atoms with Gasteiger partial charge in [-0.15, -0.1) is 0 Å². The van der Waals surface area contributed by atoms with Crippen molar-refractivity contribution in [3.05, 3.63) is 35.4 Å². The molecule has 2 aromatic heterocycles. The van der Waals surface area contributed by atoms with Crippen LogP contribution in [0.3, 0.4) is 0 Å². The summed E-state index contributed by atoms with van der Waals surface area (Å²) in [5.41, 5.74) is 3.06. The summed E-state index contributed by atoms with van der Waals surface area (Å²) >= 11 is 0. The van der Waals surface area contributed by atoms with Crippen molar-refractivity contribution in [2.75, 3.05) is 0 Å². The number of rotatable bonds is 4. The highest BCUT2D eigenvalue weighted by Crippen LogP contribution is 2.10. The Morgan fingerprint density at radius 1 is 1.33 bits per heavy atom. The second kappa shape index (κ2) is 4.94. The molecule has 0 aliphatic rings. The van der Waals surface area contributed by atoms with Gasteiger partial charge in [0, 0.05) is 24.0 Å². The maximum Gasteiger partial charge on any atom is 0.127 e. The fraction of sp³-hybridized carbons (Fsp3) is 0.538. The molecule has 5 nitrogen and oxygen atoms in total. The highest BCUT2D eigenvalue weighted by atomic mass is 16.6. The second-order valence-electron chi connectivity index (χ2n) is 5.53. The molecule has 0 bridgehead atoms. The zero-order valence-corrected chi connectivity index (χ0v) is 11.4. The van der Waals surface area contributed by atoms with Gasteiger partial charge in [0.05, 0.1) is 6.54 Å². The Hall–Kier alpha value is -1.62. The van der Waals surface area contributed by atoms with Gasteiger partial charge in [0.15, 0.2) is 0 Å². The monoisotopic (exact) mass is 248 g/mol. The molecule has 0 unspecified atom stereocenters. The van der Waals surface area contributed by atoms with Gasteiger partial charge in [0.25, 0.3) is 0 Å². The molecule has 0 fully saturated rings. The van der Waals surface area contributed by atoms with Crippen molar-refractivity contribution in [1.82, 2.24) is 20.2 Å². The van der Waals surface area contributed by atoms with Crippen LogP contribution >= 0.6 is 0 Å². The smallest absolute Gasteiger partial charge is 0.127 e. The van der Waals surface area contributed by atoms with Gasteiger partial charge in [-0.05, 0) is 39.8 Å². The summed E-state index contributed by atoms with van der Waals surface area (Å²) in [6.45, 7) is 9.91. The lowest BCUT2D eigenvalue weighted by atomic mass is 10.1. The zero-order valence-electron chi connectivity index (χ0n) is 11.4. The molecular formula is C13H20N4O. The lowest BCUT2D eigenvalue weighted by molar-refractivity contribution is 0.300. The molecule has 0 atom stereocenters. The van der Waals surface area contributed by atoms with E-state index in [1.165, 1.54) is 5.69 Å². The van der Waals surface area contributed by atoms with E-state index in [0.29, 0.717) is 6.54 Å². The van der Waals surface area contributed by atoms with Gasteiger partial charge in [-0.2, -0.15) is 0 Å². The van der Waals surface area contributed by atoms with Crippen LogP contribution in [0.1, 0.15) is 37.9 Å². The van der Waals surface area contributed by atoms with Crippen LogP contribution in [0.25, 0.3) is 0 Å². The predicted molar refractivity (Wildman–Crippen MR) is 69.2 cm³/mol. The van der Waals surface area contributed by atoms with E-state index in [2.05, 4.69) is 47.0 Å². The molecule has 0 amide bonds. The standard InChI is InChI=1S/C13H20N4O/c1-10-12(16-18-15-10)9-17-7-5-6-11(17)8-14-13(2,3)4/h5-7,14H,8-9H2,1-4H3. The van der Waals surface area contributed by atoms with E-state index < -0.39 is 0 Å². The Morgan fingerprint density at radius 3 is 2.72 bits per heavy atom. The maximum absolute atomic E-state index is 4.72. The van der Waals surface area contributed by atoms with E-state index in [0.717, 1.165) is 17.9 Å². The fourth-order valence-electron chi connectivity index (χ4n) is 1.67. The zero-order chi connectivity index (χ0) is 13.2. The first-order valence-electron chi connectivity index (χ1n) is 6.13. The molecular weight excluding hydrogens is 228 g/mol. The Labute approximate surface area is 107 Å². The van der Waals surface area contributed by atoms with Crippen molar-refractivity contribution in [2.24, 2.45) is 0 Å². The molecule has 0 saturated heterocycles. The predicted octanol–water partition coefficient (Wildman–Crippen LogP) is 2.12. The molecule has 0 spiro atoms. The van der Waals surface area contributed by atoms with Crippen LogP contribution in [0.5, 0.6) is 0 Å².